The van der Waals surface area contributed by atoms with E-state index in [0.29, 0.717) is 5.69 Å². The van der Waals surface area contributed by atoms with Gasteiger partial charge in [-0.2, -0.15) is 13.2 Å². The maximum atomic E-state index is 12.6. The maximum Gasteiger partial charge on any atom is 0.416 e. The number of alkyl halides is 3. The molecule has 108 valence electrons. The van der Waals surface area contributed by atoms with Crippen molar-refractivity contribution in [2.75, 3.05) is 11.1 Å². The Balaban J connectivity index is 3.04. The molecule has 19 heavy (non-hydrogen) atoms. The van der Waals surface area contributed by atoms with Crippen LogP contribution in [0.4, 0.5) is 24.5 Å². The number of hydrogen-bond acceptors (Lipinski definition) is 2. The second kappa shape index (κ2) is 5.72. The van der Waals surface area contributed by atoms with Crippen molar-refractivity contribution in [1.82, 2.24) is 0 Å². The van der Waals surface area contributed by atoms with Gasteiger partial charge in [0.25, 0.3) is 0 Å². The van der Waals surface area contributed by atoms with Crippen molar-refractivity contribution in [2.45, 2.75) is 51.7 Å². The third kappa shape index (κ3) is 3.55. The highest BCUT2D eigenvalue weighted by molar-refractivity contribution is 5.68. The second-order valence-corrected chi connectivity index (χ2v) is 4.77. The second-order valence-electron chi connectivity index (χ2n) is 4.77. The lowest BCUT2D eigenvalue weighted by molar-refractivity contribution is -0.137. The summed E-state index contributed by atoms with van der Waals surface area (Å²) in [5.41, 5.74) is 5.59. The SMILES string of the molecule is CCC(CC)(CC)Nc1ccc(C(F)(F)F)cc1N. The summed E-state index contributed by atoms with van der Waals surface area (Å²) in [5.74, 6) is 0. The number of nitrogens with one attached hydrogen (secondary N) is 1. The lowest BCUT2D eigenvalue weighted by atomic mass is 9.89. The fourth-order valence-electron chi connectivity index (χ4n) is 2.15. The van der Waals surface area contributed by atoms with Crippen LogP contribution in [0.2, 0.25) is 0 Å². The van der Waals surface area contributed by atoms with Gasteiger partial charge < -0.3 is 11.1 Å². The zero-order valence-electron chi connectivity index (χ0n) is 11.6. The van der Waals surface area contributed by atoms with Gasteiger partial charge in [-0.05, 0) is 37.5 Å². The average molecular weight is 274 g/mol. The Hall–Kier alpha value is -1.39. The van der Waals surface area contributed by atoms with Crippen LogP contribution in [0.5, 0.6) is 0 Å². The molecule has 0 saturated heterocycles. The van der Waals surface area contributed by atoms with Gasteiger partial charge in [-0.3, -0.25) is 0 Å². The summed E-state index contributed by atoms with van der Waals surface area (Å²) in [4.78, 5) is 0. The predicted octanol–water partition coefficient (Wildman–Crippen LogP) is 4.67. The van der Waals surface area contributed by atoms with Crippen molar-refractivity contribution < 1.29 is 13.2 Å². The molecule has 0 heterocycles. The first-order valence-electron chi connectivity index (χ1n) is 6.53. The monoisotopic (exact) mass is 274 g/mol. The van der Waals surface area contributed by atoms with Crippen LogP contribution in [0.15, 0.2) is 18.2 Å². The van der Waals surface area contributed by atoms with E-state index >= 15 is 0 Å². The molecule has 0 radical (unpaired) electrons. The van der Waals surface area contributed by atoms with Crippen molar-refractivity contribution in [1.29, 1.82) is 0 Å². The van der Waals surface area contributed by atoms with E-state index in [1.165, 1.54) is 6.07 Å². The van der Waals surface area contributed by atoms with Gasteiger partial charge in [0.05, 0.1) is 16.9 Å². The first kappa shape index (κ1) is 15.7. The summed E-state index contributed by atoms with van der Waals surface area (Å²) in [6.45, 7) is 6.17. The van der Waals surface area contributed by atoms with Gasteiger partial charge in [0.15, 0.2) is 0 Å². The number of nitrogen functional groups attached to an aromatic ring is 1. The van der Waals surface area contributed by atoms with E-state index in [0.717, 1.165) is 31.4 Å². The first-order chi connectivity index (χ1) is 8.78. The fraction of sp³-hybridized carbons (Fsp3) is 0.571. The van der Waals surface area contributed by atoms with E-state index in [1.807, 2.05) is 0 Å². The summed E-state index contributed by atoms with van der Waals surface area (Å²) in [6, 6.07) is 3.45. The summed E-state index contributed by atoms with van der Waals surface area (Å²) in [5, 5.41) is 3.30. The molecule has 0 aromatic heterocycles. The zero-order valence-corrected chi connectivity index (χ0v) is 11.6. The Labute approximate surface area is 112 Å². The Morgan fingerprint density at radius 3 is 1.95 bits per heavy atom. The third-order valence-corrected chi connectivity index (χ3v) is 3.81. The molecule has 1 aromatic carbocycles. The molecule has 1 rings (SSSR count). The highest BCUT2D eigenvalue weighted by Gasteiger charge is 2.31. The van der Waals surface area contributed by atoms with Gasteiger partial charge in [-0.1, -0.05) is 20.8 Å². The van der Waals surface area contributed by atoms with Gasteiger partial charge >= 0.3 is 6.18 Å². The maximum absolute atomic E-state index is 12.6. The molecule has 0 aliphatic carbocycles. The molecule has 5 heteroatoms. The average Bonchev–Trinajstić information content (AvgIpc) is 2.37. The van der Waals surface area contributed by atoms with Crippen molar-refractivity contribution in [2.24, 2.45) is 0 Å². The highest BCUT2D eigenvalue weighted by atomic mass is 19.4. The van der Waals surface area contributed by atoms with Crippen molar-refractivity contribution in [3.8, 4) is 0 Å². The van der Waals surface area contributed by atoms with Crippen LogP contribution in [0, 0.1) is 0 Å². The molecule has 0 unspecified atom stereocenters. The molecule has 0 saturated carbocycles. The number of benzene rings is 1. The minimum atomic E-state index is -4.36. The highest BCUT2D eigenvalue weighted by Crippen LogP contribution is 2.35. The molecular formula is C14H21F3N2. The number of rotatable bonds is 5. The summed E-state index contributed by atoms with van der Waals surface area (Å²) >= 11 is 0. The van der Waals surface area contributed by atoms with E-state index < -0.39 is 11.7 Å². The van der Waals surface area contributed by atoms with Crippen molar-refractivity contribution >= 4 is 11.4 Å². The number of anilines is 2. The Bertz CT molecular complexity index is 415. The van der Waals surface area contributed by atoms with Crippen LogP contribution in [-0.4, -0.2) is 5.54 Å². The number of nitrogens with two attached hydrogens (primary N) is 1. The Morgan fingerprint density at radius 1 is 1.05 bits per heavy atom. The summed E-state index contributed by atoms with van der Waals surface area (Å²) in [7, 11) is 0. The van der Waals surface area contributed by atoms with E-state index in [9.17, 15) is 13.2 Å². The van der Waals surface area contributed by atoms with Crippen LogP contribution in [-0.2, 0) is 6.18 Å². The molecule has 0 bridgehead atoms. The van der Waals surface area contributed by atoms with Gasteiger partial charge in [0.2, 0.25) is 0 Å². The molecule has 0 aliphatic heterocycles. The largest absolute Gasteiger partial charge is 0.416 e. The molecule has 0 amide bonds. The van der Waals surface area contributed by atoms with Gasteiger partial charge in [0.1, 0.15) is 0 Å². The zero-order chi connectivity index (χ0) is 14.7. The van der Waals surface area contributed by atoms with Gasteiger partial charge in [-0.15, -0.1) is 0 Å². The predicted molar refractivity (Wildman–Crippen MR) is 73.1 cm³/mol. The first-order valence-corrected chi connectivity index (χ1v) is 6.53. The fourth-order valence-corrected chi connectivity index (χ4v) is 2.15. The summed E-state index contributed by atoms with van der Waals surface area (Å²) < 4.78 is 37.7. The van der Waals surface area contributed by atoms with Crippen molar-refractivity contribution in [3.63, 3.8) is 0 Å². The van der Waals surface area contributed by atoms with E-state index in [4.69, 9.17) is 5.73 Å². The van der Waals surface area contributed by atoms with Gasteiger partial charge in [-0.25, -0.2) is 0 Å². The molecule has 3 N–H and O–H groups in total. The quantitative estimate of drug-likeness (QED) is 0.766. The topological polar surface area (TPSA) is 38.0 Å². The molecule has 0 aliphatic rings. The lowest BCUT2D eigenvalue weighted by Gasteiger charge is -2.33. The Morgan fingerprint density at radius 2 is 1.58 bits per heavy atom. The van der Waals surface area contributed by atoms with E-state index in [2.05, 4.69) is 26.1 Å². The molecular weight excluding hydrogens is 253 g/mol. The molecule has 2 nitrogen and oxygen atoms in total. The van der Waals surface area contributed by atoms with Crippen LogP contribution in [0.1, 0.15) is 45.6 Å². The third-order valence-electron chi connectivity index (χ3n) is 3.81. The minimum Gasteiger partial charge on any atom is -0.397 e. The minimum absolute atomic E-state index is 0.117. The Kier molecular flexibility index (Phi) is 4.71. The van der Waals surface area contributed by atoms with Gasteiger partial charge in [0, 0.05) is 5.54 Å². The molecule has 0 atom stereocenters. The van der Waals surface area contributed by atoms with Crippen LogP contribution in [0.25, 0.3) is 0 Å². The number of hydrogen-bond donors (Lipinski definition) is 2. The van der Waals surface area contributed by atoms with Crippen molar-refractivity contribution in [3.05, 3.63) is 23.8 Å². The van der Waals surface area contributed by atoms with Crippen LogP contribution >= 0.6 is 0 Å². The van der Waals surface area contributed by atoms with E-state index in [1.54, 1.807) is 0 Å². The van der Waals surface area contributed by atoms with E-state index in [-0.39, 0.29) is 11.2 Å². The van der Waals surface area contributed by atoms with Crippen LogP contribution in [0.3, 0.4) is 0 Å². The molecule has 0 fully saturated rings. The normalized spacial score (nSPS) is 12.5. The number of halogens is 3. The molecule has 0 spiro atoms. The lowest BCUT2D eigenvalue weighted by Crippen LogP contribution is -2.36. The van der Waals surface area contributed by atoms with Crippen LogP contribution < -0.4 is 11.1 Å². The smallest absolute Gasteiger partial charge is 0.397 e. The summed E-state index contributed by atoms with van der Waals surface area (Å²) in [6.07, 6.45) is -1.69. The molecule has 1 aromatic rings. The standard InChI is InChI=1S/C14H21F3N2/c1-4-13(5-2,6-3)19-12-8-7-10(9-11(12)18)14(15,16)17/h7-9,19H,4-6,18H2,1-3H3.